The number of hydrogen-bond acceptors (Lipinski definition) is 14. The van der Waals surface area contributed by atoms with Gasteiger partial charge < -0.3 is 50.4 Å². The van der Waals surface area contributed by atoms with Gasteiger partial charge in [-0.2, -0.15) is 15.0 Å². The van der Waals surface area contributed by atoms with Gasteiger partial charge in [0.1, 0.15) is 12.0 Å². The van der Waals surface area contributed by atoms with Gasteiger partial charge >= 0.3 is 0 Å². The molecule has 1 atom stereocenters. The smallest absolute Gasteiger partial charge is 0.251 e. The van der Waals surface area contributed by atoms with Crippen molar-refractivity contribution in [2.24, 2.45) is 0 Å². The summed E-state index contributed by atoms with van der Waals surface area (Å²) in [6, 6.07) is 22.8. The molecule has 0 radical (unpaired) electrons. The first-order valence-electron chi connectivity index (χ1n) is 17.0. The van der Waals surface area contributed by atoms with E-state index in [-0.39, 0.29) is 23.6 Å². The van der Waals surface area contributed by atoms with Crippen LogP contribution in [-0.4, -0.2) is 104 Å². The minimum Gasteiger partial charge on any atom is -0.508 e. The Hall–Kier alpha value is -4.90. The van der Waals surface area contributed by atoms with E-state index in [0.29, 0.717) is 94.3 Å². The summed E-state index contributed by atoms with van der Waals surface area (Å²) >= 11 is 0. The van der Waals surface area contributed by atoms with E-state index in [1.807, 2.05) is 30.3 Å². The molecule has 1 unspecified atom stereocenters. The summed E-state index contributed by atoms with van der Waals surface area (Å²) in [6.45, 7) is 7.16. The summed E-state index contributed by atoms with van der Waals surface area (Å²) in [7, 11) is 0. The van der Waals surface area contributed by atoms with Crippen LogP contribution in [-0.2, 0) is 18.9 Å². The minimum absolute atomic E-state index is 0.136. The Morgan fingerprint density at radius 2 is 1.18 bits per heavy atom. The highest BCUT2D eigenvalue weighted by molar-refractivity contribution is 5.94. The molecule has 3 aromatic carbocycles. The van der Waals surface area contributed by atoms with Gasteiger partial charge in [-0.15, -0.1) is 0 Å². The lowest BCUT2D eigenvalue weighted by atomic mass is 10.2. The Morgan fingerprint density at radius 1 is 0.647 bits per heavy atom. The van der Waals surface area contributed by atoms with Crippen molar-refractivity contribution in [3.63, 3.8) is 0 Å². The van der Waals surface area contributed by atoms with Crippen LogP contribution in [0.15, 0.2) is 78.9 Å². The molecule has 4 aromatic rings. The minimum atomic E-state index is -0.852. The number of carbonyl (C=O) groups is 1. The maximum atomic E-state index is 12.1. The number of aliphatic hydroxyl groups is 1. The summed E-state index contributed by atoms with van der Waals surface area (Å²) < 4.78 is 22.1. The van der Waals surface area contributed by atoms with Gasteiger partial charge in [0, 0.05) is 43.2 Å². The first-order valence-corrected chi connectivity index (χ1v) is 17.0. The van der Waals surface area contributed by atoms with Crippen LogP contribution >= 0.6 is 0 Å². The zero-order valence-electron chi connectivity index (χ0n) is 28.8. The highest BCUT2D eigenvalue weighted by atomic mass is 16.5. The van der Waals surface area contributed by atoms with E-state index < -0.39 is 6.23 Å². The summed E-state index contributed by atoms with van der Waals surface area (Å²) in [5.74, 6) is 0.894. The fourth-order valence-corrected chi connectivity index (χ4v) is 4.46. The van der Waals surface area contributed by atoms with Crippen molar-refractivity contribution >= 4 is 35.1 Å². The number of hydrogen-bond donors (Lipinski definition) is 7. The molecule has 274 valence electrons. The van der Waals surface area contributed by atoms with Gasteiger partial charge in [-0.05, 0) is 60.5 Å². The molecule has 4 rings (SSSR count). The van der Waals surface area contributed by atoms with Gasteiger partial charge in [0.2, 0.25) is 17.8 Å². The van der Waals surface area contributed by atoms with Crippen LogP contribution in [0, 0.1) is 0 Å². The van der Waals surface area contributed by atoms with Crippen molar-refractivity contribution in [3.05, 3.63) is 90.0 Å². The summed E-state index contributed by atoms with van der Waals surface area (Å²) in [4.78, 5) is 25.5. The maximum absolute atomic E-state index is 12.1. The molecule has 1 aromatic heterocycles. The third-order valence-corrected chi connectivity index (χ3v) is 7.02. The largest absolute Gasteiger partial charge is 0.508 e. The molecule has 15 nitrogen and oxygen atoms in total. The lowest BCUT2D eigenvalue weighted by Gasteiger charge is -2.15. The fraction of sp³-hybridized carbons (Fsp3) is 0.389. The predicted molar refractivity (Wildman–Crippen MR) is 195 cm³/mol. The summed E-state index contributed by atoms with van der Waals surface area (Å²) in [5.41, 5.74) is 2.69. The molecule has 0 spiro atoms. The van der Waals surface area contributed by atoms with Gasteiger partial charge in [0.05, 0.1) is 46.2 Å². The monoisotopic (exact) mass is 704 g/mol. The molecule has 0 aliphatic carbocycles. The fourth-order valence-electron chi connectivity index (χ4n) is 4.46. The molecule has 0 aliphatic heterocycles. The average molecular weight is 705 g/mol. The van der Waals surface area contributed by atoms with E-state index in [0.717, 1.165) is 13.0 Å². The summed E-state index contributed by atoms with van der Waals surface area (Å²) in [5, 5.41) is 35.5. The topological polar surface area (TPSA) is 193 Å². The molecular formula is C36H48N8O7. The Bertz CT molecular complexity index is 1550. The number of phenolic OH excluding ortho intramolecular Hbond substituents is 1. The first-order chi connectivity index (χ1) is 25.0. The molecule has 0 aliphatic rings. The molecule has 7 N–H and O–H groups in total. The first kappa shape index (κ1) is 38.9. The van der Waals surface area contributed by atoms with Crippen molar-refractivity contribution in [2.75, 3.05) is 88.4 Å². The van der Waals surface area contributed by atoms with Crippen molar-refractivity contribution in [1.29, 1.82) is 0 Å². The van der Waals surface area contributed by atoms with E-state index in [1.54, 1.807) is 48.5 Å². The Morgan fingerprint density at radius 3 is 1.78 bits per heavy atom. The van der Waals surface area contributed by atoms with E-state index in [4.69, 9.17) is 18.9 Å². The quantitative estimate of drug-likeness (QED) is 0.0298. The van der Waals surface area contributed by atoms with Crippen LogP contribution in [0.25, 0.3) is 0 Å². The number of carbonyl (C=O) groups excluding carboxylic acids is 1. The second kappa shape index (κ2) is 22.7. The number of rotatable bonds is 25. The molecule has 0 fully saturated rings. The molecule has 15 heteroatoms. The van der Waals surface area contributed by atoms with E-state index >= 15 is 0 Å². The Balaban J connectivity index is 1.21. The number of anilines is 5. The molecule has 51 heavy (non-hydrogen) atoms. The number of nitrogens with one attached hydrogen (secondary N) is 5. The maximum Gasteiger partial charge on any atom is 0.251 e. The van der Waals surface area contributed by atoms with Gasteiger partial charge in [0.25, 0.3) is 5.91 Å². The van der Waals surface area contributed by atoms with Gasteiger partial charge in [-0.25, -0.2) is 0 Å². The van der Waals surface area contributed by atoms with Crippen LogP contribution < -0.4 is 26.6 Å². The lowest BCUT2D eigenvalue weighted by Crippen LogP contribution is -2.27. The zero-order valence-corrected chi connectivity index (χ0v) is 28.8. The van der Waals surface area contributed by atoms with Crippen LogP contribution in [0.4, 0.5) is 29.2 Å². The average Bonchev–Trinajstić information content (AvgIpc) is 3.15. The number of ether oxygens (including phenoxy) is 4. The van der Waals surface area contributed by atoms with Crippen molar-refractivity contribution in [3.8, 4) is 5.75 Å². The van der Waals surface area contributed by atoms with Crippen LogP contribution in [0.2, 0.25) is 0 Å². The molecule has 1 amide bonds. The number of aliphatic hydroxyl groups excluding tert-OH is 1. The molecular weight excluding hydrogens is 656 g/mol. The van der Waals surface area contributed by atoms with Crippen LogP contribution in [0.1, 0.15) is 35.5 Å². The van der Waals surface area contributed by atoms with E-state index in [1.165, 1.54) is 0 Å². The van der Waals surface area contributed by atoms with E-state index in [2.05, 4.69) is 48.5 Å². The molecule has 1 heterocycles. The highest BCUT2D eigenvalue weighted by Gasteiger charge is 2.10. The van der Waals surface area contributed by atoms with E-state index in [9.17, 15) is 15.0 Å². The van der Waals surface area contributed by atoms with Gasteiger partial charge in [-0.3, -0.25) is 10.1 Å². The standard InChI is InChI=1S/C36H48N8O7/c1-2-19-48-23-24-49-21-17-38-33(47)28-8-10-29(11-9-28)40-35-42-34(43-36(44-35)41-30-12-14-31(45)15-13-30)39-18-22-51-26-25-50-20-16-37-32(46)27-6-4-3-5-7-27/h3-15,33,38,45,47H,2,16-26H2,1H3,(H,37,46)(H3,39,40,41,42,43,44). The second-order valence-corrected chi connectivity index (χ2v) is 11.1. The van der Waals surface area contributed by atoms with Crippen molar-refractivity contribution in [1.82, 2.24) is 25.6 Å². The number of aromatic nitrogens is 3. The number of amides is 1. The van der Waals surface area contributed by atoms with Crippen LogP contribution in [0.5, 0.6) is 5.75 Å². The van der Waals surface area contributed by atoms with Crippen LogP contribution in [0.3, 0.4) is 0 Å². The molecule has 0 bridgehead atoms. The predicted octanol–water partition coefficient (Wildman–Crippen LogP) is 3.96. The second-order valence-electron chi connectivity index (χ2n) is 11.1. The Labute approximate surface area is 298 Å². The zero-order chi connectivity index (χ0) is 35.9. The normalized spacial score (nSPS) is 11.6. The third kappa shape index (κ3) is 15.3. The highest BCUT2D eigenvalue weighted by Crippen LogP contribution is 2.21. The van der Waals surface area contributed by atoms with Crippen molar-refractivity contribution < 1.29 is 34.0 Å². The van der Waals surface area contributed by atoms with Crippen molar-refractivity contribution in [2.45, 2.75) is 19.6 Å². The lowest BCUT2D eigenvalue weighted by molar-refractivity contribution is 0.0429. The van der Waals surface area contributed by atoms with Gasteiger partial charge in [-0.1, -0.05) is 37.3 Å². The summed E-state index contributed by atoms with van der Waals surface area (Å²) in [6.07, 6.45) is 0.125. The van der Waals surface area contributed by atoms with Gasteiger partial charge in [0.15, 0.2) is 0 Å². The number of nitrogens with zero attached hydrogens (tertiary/aromatic N) is 3. The Kier molecular flexibility index (Phi) is 17.3. The SMILES string of the molecule is CCCOCCOCCNC(O)c1ccc(Nc2nc(NCCOCCOCCNC(=O)c3ccccc3)nc(Nc3ccc(O)cc3)n2)cc1. The molecule has 0 saturated heterocycles. The number of benzene rings is 3. The number of aromatic hydroxyl groups is 1. The molecule has 0 saturated carbocycles. The number of phenols is 1. The third-order valence-electron chi connectivity index (χ3n) is 7.02.